The topological polar surface area (TPSA) is 53.5 Å². The van der Waals surface area contributed by atoms with Gasteiger partial charge in [0, 0.05) is 37.9 Å². The fourth-order valence-electron chi connectivity index (χ4n) is 2.95. The minimum absolute atomic E-state index is 0.00462. The van der Waals surface area contributed by atoms with E-state index in [9.17, 15) is 26.0 Å². The Morgan fingerprint density at radius 3 is 2.30 bits per heavy atom. The van der Waals surface area contributed by atoms with Crippen molar-refractivity contribution in [1.29, 1.82) is 0 Å². The largest absolute Gasteiger partial charge is 0.419 e. The van der Waals surface area contributed by atoms with Crippen LogP contribution in [0.15, 0.2) is 42.6 Å². The second kappa shape index (κ2) is 7.43. The molecule has 1 aliphatic rings. The normalized spacial score (nSPS) is 16.5. The van der Waals surface area contributed by atoms with Gasteiger partial charge in [-0.15, -0.1) is 0 Å². The Morgan fingerprint density at radius 2 is 1.67 bits per heavy atom. The Hall–Kier alpha value is -2.20. The fourth-order valence-corrected chi connectivity index (χ4v) is 4.48. The van der Waals surface area contributed by atoms with Crippen LogP contribution in [0.2, 0.25) is 0 Å². The van der Waals surface area contributed by atoms with Gasteiger partial charge >= 0.3 is 6.18 Å². The Balaban J connectivity index is 1.72. The van der Waals surface area contributed by atoms with E-state index >= 15 is 0 Å². The SMILES string of the molecule is O=S(=O)(Cc1ccccc1F)N1CCN(c2ncccc2C(F)(F)F)CC1. The van der Waals surface area contributed by atoms with Crippen molar-refractivity contribution in [3.8, 4) is 0 Å². The molecule has 10 heteroatoms. The summed E-state index contributed by atoms with van der Waals surface area (Å²) in [5, 5.41) is 0. The zero-order chi connectivity index (χ0) is 19.7. The molecule has 1 saturated heterocycles. The first-order chi connectivity index (χ1) is 12.7. The zero-order valence-electron chi connectivity index (χ0n) is 14.2. The van der Waals surface area contributed by atoms with E-state index in [4.69, 9.17) is 0 Å². The number of aromatic nitrogens is 1. The van der Waals surface area contributed by atoms with E-state index in [-0.39, 0.29) is 37.6 Å². The summed E-state index contributed by atoms with van der Waals surface area (Å²) in [5.74, 6) is -1.31. The number of sulfonamides is 1. The summed E-state index contributed by atoms with van der Waals surface area (Å²) < 4.78 is 79.4. The molecule has 0 atom stereocenters. The number of hydrogen-bond acceptors (Lipinski definition) is 4. The third-order valence-corrected chi connectivity index (χ3v) is 6.15. The van der Waals surface area contributed by atoms with Crippen LogP contribution in [0, 0.1) is 5.82 Å². The van der Waals surface area contributed by atoms with Gasteiger partial charge in [-0.3, -0.25) is 0 Å². The molecule has 5 nitrogen and oxygen atoms in total. The van der Waals surface area contributed by atoms with E-state index in [0.29, 0.717) is 0 Å². The van der Waals surface area contributed by atoms with Gasteiger partial charge in [0.1, 0.15) is 11.6 Å². The van der Waals surface area contributed by atoms with Crippen LogP contribution in [-0.2, 0) is 22.0 Å². The average molecular weight is 403 g/mol. The van der Waals surface area contributed by atoms with Crippen molar-refractivity contribution in [3.05, 3.63) is 59.5 Å². The molecule has 0 N–H and O–H groups in total. The smallest absolute Gasteiger partial charge is 0.353 e. The van der Waals surface area contributed by atoms with Crippen molar-refractivity contribution in [1.82, 2.24) is 9.29 Å². The molecule has 0 aliphatic carbocycles. The third-order valence-electron chi connectivity index (χ3n) is 4.32. The van der Waals surface area contributed by atoms with Gasteiger partial charge in [0.2, 0.25) is 10.0 Å². The number of nitrogens with zero attached hydrogens (tertiary/aromatic N) is 3. The Morgan fingerprint density at radius 1 is 1.00 bits per heavy atom. The number of alkyl halides is 3. The number of benzene rings is 1. The van der Waals surface area contributed by atoms with Gasteiger partial charge in [0.05, 0.1) is 11.3 Å². The lowest BCUT2D eigenvalue weighted by Gasteiger charge is -2.35. The highest BCUT2D eigenvalue weighted by Crippen LogP contribution is 2.35. The molecule has 2 aromatic rings. The van der Waals surface area contributed by atoms with Gasteiger partial charge < -0.3 is 4.90 Å². The lowest BCUT2D eigenvalue weighted by atomic mass is 10.2. The number of anilines is 1. The van der Waals surface area contributed by atoms with Crippen molar-refractivity contribution >= 4 is 15.8 Å². The van der Waals surface area contributed by atoms with Crippen LogP contribution >= 0.6 is 0 Å². The average Bonchev–Trinajstić information content (AvgIpc) is 2.63. The molecule has 0 radical (unpaired) electrons. The Bertz CT molecular complexity index is 910. The van der Waals surface area contributed by atoms with Crippen molar-refractivity contribution in [2.75, 3.05) is 31.1 Å². The highest BCUT2D eigenvalue weighted by Gasteiger charge is 2.37. The third kappa shape index (κ3) is 4.38. The minimum Gasteiger partial charge on any atom is -0.353 e. The molecule has 2 heterocycles. The maximum absolute atomic E-state index is 13.7. The first-order valence-electron chi connectivity index (χ1n) is 8.17. The minimum atomic E-state index is -4.54. The zero-order valence-corrected chi connectivity index (χ0v) is 15.0. The second-order valence-corrected chi connectivity index (χ2v) is 8.07. The van der Waals surface area contributed by atoms with Crippen molar-refractivity contribution in [2.45, 2.75) is 11.9 Å². The second-order valence-electron chi connectivity index (χ2n) is 6.11. The summed E-state index contributed by atoms with van der Waals surface area (Å²) in [5.41, 5.74) is -0.795. The summed E-state index contributed by atoms with van der Waals surface area (Å²) in [6, 6.07) is 7.75. The van der Waals surface area contributed by atoms with E-state index in [0.717, 1.165) is 6.07 Å². The van der Waals surface area contributed by atoms with Crippen molar-refractivity contribution < 1.29 is 26.0 Å². The highest BCUT2D eigenvalue weighted by atomic mass is 32.2. The van der Waals surface area contributed by atoms with Crippen molar-refractivity contribution in [3.63, 3.8) is 0 Å². The highest BCUT2D eigenvalue weighted by molar-refractivity contribution is 7.88. The number of pyridine rings is 1. The summed E-state index contributed by atoms with van der Waals surface area (Å²) in [4.78, 5) is 5.24. The van der Waals surface area contributed by atoms with Gasteiger partial charge in [-0.1, -0.05) is 18.2 Å². The van der Waals surface area contributed by atoms with E-state index in [1.165, 1.54) is 39.7 Å². The van der Waals surface area contributed by atoms with Crippen LogP contribution in [0.5, 0.6) is 0 Å². The number of halogens is 4. The van der Waals surface area contributed by atoms with E-state index in [2.05, 4.69) is 4.98 Å². The molecule has 146 valence electrons. The van der Waals surface area contributed by atoms with Gasteiger partial charge in [-0.2, -0.15) is 17.5 Å². The van der Waals surface area contributed by atoms with E-state index < -0.39 is 33.3 Å². The monoisotopic (exact) mass is 403 g/mol. The van der Waals surface area contributed by atoms with E-state index in [1.54, 1.807) is 6.07 Å². The van der Waals surface area contributed by atoms with Crippen LogP contribution in [0.4, 0.5) is 23.4 Å². The van der Waals surface area contributed by atoms with Crippen LogP contribution in [0.1, 0.15) is 11.1 Å². The first-order valence-corrected chi connectivity index (χ1v) is 9.78. The predicted molar refractivity (Wildman–Crippen MR) is 92.0 cm³/mol. The lowest BCUT2D eigenvalue weighted by molar-refractivity contribution is -0.137. The van der Waals surface area contributed by atoms with E-state index in [1.807, 2.05) is 0 Å². The summed E-state index contributed by atoms with van der Waals surface area (Å²) in [6.45, 7) is 0.141. The van der Waals surface area contributed by atoms with Gasteiger partial charge in [0.25, 0.3) is 0 Å². The summed E-state index contributed by atoms with van der Waals surface area (Å²) in [6.07, 6.45) is -3.27. The van der Waals surface area contributed by atoms with Crippen LogP contribution in [0.25, 0.3) is 0 Å². The molecular weight excluding hydrogens is 386 g/mol. The molecule has 1 fully saturated rings. The molecule has 3 rings (SSSR count). The number of piperazine rings is 1. The Kier molecular flexibility index (Phi) is 5.38. The van der Waals surface area contributed by atoms with Crippen molar-refractivity contribution in [2.24, 2.45) is 0 Å². The molecule has 0 spiro atoms. The Labute approximate surface area is 154 Å². The predicted octanol–water partition coefficient (Wildman–Crippen LogP) is 2.89. The standard InChI is InChI=1S/C17H17F4N3O2S/c18-15-6-2-1-4-13(15)12-27(25,26)24-10-8-23(9-11-24)16-14(17(19,20)21)5-3-7-22-16/h1-7H,8-12H2. The molecule has 0 bridgehead atoms. The molecule has 27 heavy (non-hydrogen) atoms. The summed E-state index contributed by atoms with van der Waals surface area (Å²) >= 11 is 0. The maximum Gasteiger partial charge on any atom is 0.419 e. The molecule has 0 unspecified atom stereocenters. The number of rotatable bonds is 4. The van der Waals surface area contributed by atoms with Crippen LogP contribution in [0.3, 0.4) is 0 Å². The lowest BCUT2D eigenvalue weighted by Crippen LogP contribution is -2.49. The quantitative estimate of drug-likeness (QED) is 0.737. The molecule has 1 aromatic heterocycles. The van der Waals surface area contributed by atoms with Gasteiger partial charge in [-0.25, -0.2) is 17.8 Å². The molecule has 1 aromatic carbocycles. The van der Waals surface area contributed by atoms with Gasteiger partial charge in [-0.05, 0) is 18.2 Å². The number of hydrogen-bond donors (Lipinski definition) is 0. The fraction of sp³-hybridized carbons (Fsp3) is 0.353. The molecule has 1 aliphatic heterocycles. The summed E-state index contributed by atoms with van der Waals surface area (Å²) in [7, 11) is -3.78. The first kappa shape index (κ1) is 19.6. The van der Waals surface area contributed by atoms with Crippen LogP contribution in [-0.4, -0.2) is 43.9 Å². The maximum atomic E-state index is 13.7. The van der Waals surface area contributed by atoms with Gasteiger partial charge in [0.15, 0.2) is 0 Å². The molecule has 0 amide bonds. The van der Waals surface area contributed by atoms with Crippen LogP contribution < -0.4 is 4.90 Å². The molecule has 0 saturated carbocycles. The molecular formula is C17H17F4N3O2S.